The third-order valence-electron chi connectivity index (χ3n) is 10.2. The highest BCUT2D eigenvalue weighted by Crippen LogP contribution is 2.72. The zero-order chi connectivity index (χ0) is 26.9. The van der Waals surface area contributed by atoms with E-state index in [-0.39, 0.29) is 29.0 Å². The number of allylic oxidation sites excluding steroid dienone is 1. The number of Topliss-reactive ketones (excluding diaryl/α,β-unsaturated/α-hetero) is 1. The Kier molecular flexibility index (Phi) is 5.22. The normalized spacial score (nSPS) is 42.9. The van der Waals surface area contributed by atoms with Crippen LogP contribution >= 0.6 is 11.8 Å². The van der Waals surface area contributed by atoms with Crippen molar-refractivity contribution in [3.63, 3.8) is 0 Å². The van der Waals surface area contributed by atoms with Crippen LogP contribution in [0.2, 0.25) is 0 Å². The lowest BCUT2D eigenvalue weighted by Crippen LogP contribution is -2.66. The summed E-state index contributed by atoms with van der Waals surface area (Å²) in [7, 11) is 1.70. The zero-order valence-corrected chi connectivity index (χ0v) is 23.8. The first-order valence-electron chi connectivity index (χ1n) is 13.3. The van der Waals surface area contributed by atoms with Crippen LogP contribution in [-0.2, 0) is 21.3 Å². The van der Waals surface area contributed by atoms with E-state index in [2.05, 4.69) is 31.9 Å². The molecule has 1 N–H and O–H groups in total. The Bertz CT molecular complexity index is 1260. The summed E-state index contributed by atoms with van der Waals surface area (Å²) in [4.78, 5) is 27.7. The second kappa shape index (κ2) is 7.60. The molecule has 1 aliphatic heterocycles. The number of aliphatic hydroxyl groups is 1. The molecule has 0 radical (unpaired) electrons. The van der Waals surface area contributed by atoms with Crippen LogP contribution in [0.15, 0.2) is 29.5 Å². The molecule has 8 atom stereocenters. The summed E-state index contributed by atoms with van der Waals surface area (Å²) < 4.78 is 13.9. The molecular weight excluding hydrogens is 488 g/mol. The van der Waals surface area contributed by atoms with E-state index in [4.69, 9.17) is 9.47 Å². The predicted molar refractivity (Wildman–Crippen MR) is 141 cm³/mol. The fourth-order valence-corrected chi connectivity index (χ4v) is 9.79. The van der Waals surface area contributed by atoms with E-state index in [1.807, 2.05) is 33.8 Å². The molecule has 7 nitrogen and oxygen atoms in total. The average Bonchev–Trinajstić information content (AvgIpc) is 3.09. The monoisotopic (exact) mass is 526 g/mol. The number of esters is 1. The predicted octanol–water partition coefficient (Wildman–Crippen LogP) is 4.24. The van der Waals surface area contributed by atoms with Crippen molar-refractivity contribution in [3.8, 4) is 0 Å². The number of carbonyl (C=O) groups is 2. The molecule has 1 aromatic rings. The Morgan fingerprint density at radius 2 is 1.97 bits per heavy atom. The minimum absolute atomic E-state index is 0.0653. The summed E-state index contributed by atoms with van der Waals surface area (Å²) in [6.45, 7) is 14.7. The maximum Gasteiger partial charge on any atom is 0.357 e. The molecule has 2 bridgehead atoms. The number of hydrogen-bond donors (Lipinski definition) is 1. The molecule has 0 amide bonds. The Morgan fingerprint density at radius 1 is 1.27 bits per heavy atom. The van der Waals surface area contributed by atoms with Gasteiger partial charge in [-0.2, -0.15) is 5.10 Å². The van der Waals surface area contributed by atoms with Gasteiger partial charge >= 0.3 is 5.97 Å². The first-order chi connectivity index (χ1) is 17.2. The van der Waals surface area contributed by atoms with Gasteiger partial charge < -0.3 is 14.6 Å². The highest BCUT2D eigenvalue weighted by atomic mass is 32.2. The van der Waals surface area contributed by atoms with Gasteiger partial charge in [0.2, 0.25) is 0 Å². The van der Waals surface area contributed by atoms with Crippen LogP contribution in [0.1, 0.15) is 64.0 Å². The minimum atomic E-state index is -1.64. The fraction of sp³-hybridized carbons (Fsp3) is 0.690. The standard InChI is InChI=1S/C29H38N2O5S/c1-14-11-28-16(3)9-19-20(26(19,4)5)18(22(28)32)10-17-13-35-27(6,7)37-24(17)29(28,34)23(14)36-25(33)21-15(2)12-30-31(21)8/h10-12,16,18-20,23-24,34H,9,13H2,1-8H3. The van der Waals surface area contributed by atoms with E-state index in [1.165, 1.54) is 16.4 Å². The van der Waals surface area contributed by atoms with E-state index < -0.39 is 33.3 Å². The largest absolute Gasteiger partial charge is 0.450 e. The van der Waals surface area contributed by atoms with Gasteiger partial charge in [0.05, 0.1) is 23.5 Å². The van der Waals surface area contributed by atoms with Gasteiger partial charge in [-0.15, -0.1) is 11.8 Å². The maximum absolute atomic E-state index is 14.8. The Hall–Kier alpha value is -1.90. The van der Waals surface area contributed by atoms with E-state index in [1.54, 1.807) is 13.2 Å². The molecule has 1 saturated heterocycles. The second-order valence-corrected chi connectivity index (χ2v) is 14.8. The number of aryl methyl sites for hydroxylation is 2. The Balaban J connectivity index is 1.53. The Morgan fingerprint density at radius 3 is 2.62 bits per heavy atom. The molecule has 3 fully saturated rings. The second-order valence-electron chi connectivity index (χ2n) is 13.1. The minimum Gasteiger partial charge on any atom is -0.450 e. The van der Waals surface area contributed by atoms with Crippen LogP contribution in [0.4, 0.5) is 0 Å². The molecule has 200 valence electrons. The first-order valence-corrected chi connectivity index (χ1v) is 14.2. The van der Waals surface area contributed by atoms with Crippen LogP contribution in [-0.4, -0.2) is 55.1 Å². The zero-order valence-electron chi connectivity index (χ0n) is 23.0. The maximum atomic E-state index is 14.8. The SMILES string of the molecule is CC1=CC23C(=O)C(C=C4COC(C)(C)SC4C2(O)C1OC(=O)c1c(C)cnn1C)C1C(CC3C)C1(C)C. The molecule has 8 heteroatoms. The van der Waals surface area contributed by atoms with E-state index in [0.29, 0.717) is 23.8 Å². The first kappa shape index (κ1) is 25.4. The lowest BCUT2D eigenvalue weighted by atomic mass is 9.59. The van der Waals surface area contributed by atoms with Crippen LogP contribution in [0.3, 0.4) is 0 Å². The molecule has 2 saturated carbocycles. The van der Waals surface area contributed by atoms with Crippen molar-refractivity contribution in [2.45, 2.75) is 76.8 Å². The summed E-state index contributed by atoms with van der Waals surface area (Å²) in [5.41, 5.74) is 0.0114. The van der Waals surface area contributed by atoms with Crippen molar-refractivity contribution in [3.05, 3.63) is 40.8 Å². The van der Waals surface area contributed by atoms with E-state index in [9.17, 15) is 14.7 Å². The van der Waals surface area contributed by atoms with Crippen molar-refractivity contribution >= 4 is 23.5 Å². The average molecular weight is 527 g/mol. The van der Waals surface area contributed by atoms with Gasteiger partial charge in [0.25, 0.3) is 0 Å². The van der Waals surface area contributed by atoms with Crippen molar-refractivity contribution in [2.24, 2.45) is 41.5 Å². The smallest absolute Gasteiger partial charge is 0.357 e. The topological polar surface area (TPSA) is 90.7 Å². The molecule has 1 aromatic heterocycles. The number of carbonyl (C=O) groups excluding carboxylic acids is 2. The summed E-state index contributed by atoms with van der Waals surface area (Å²) >= 11 is 1.53. The number of ether oxygens (including phenoxy) is 2. The number of rotatable bonds is 2. The molecule has 6 rings (SSSR count). The number of aromatic nitrogens is 2. The van der Waals surface area contributed by atoms with Crippen LogP contribution in [0.5, 0.6) is 0 Å². The summed E-state index contributed by atoms with van der Waals surface area (Å²) in [5.74, 6) is -0.226. The quantitative estimate of drug-likeness (QED) is 0.455. The summed E-state index contributed by atoms with van der Waals surface area (Å²) in [6, 6.07) is 0. The van der Waals surface area contributed by atoms with Gasteiger partial charge in [-0.3, -0.25) is 9.48 Å². The number of nitrogens with zero attached hydrogens (tertiary/aromatic N) is 2. The number of fused-ring (bicyclic) bond motifs is 5. The van der Waals surface area contributed by atoms with Crippen LogP contribution < -0.4 is 0 Å². The fourth-order valence-electron chi connectivity index (χ4n) is 8.30. The molecule has 37 heavy (non-hydrogen) atoms. The van der Waals surface area contributed by atoms with Gasteiger partial charge in [-0.1, -0.05) is 32.9 Å². The summed E-state index contributed by atoms with van der Waals surface area (Å²) in [6.07, 6.45) is 5.61. The van der Waals surface area contributed by atoms with Crippen molar-refractivity contribution < 1.29 is 24.2 Å². The van der Waals surface area contributed by atoms with Crippen LogP contribution in [0.25, 0.3) is 0 Å². The summed E-state index contributed by atoms with van der Waals surface area (Å²) in [5, 5.41) is 16.9. The molecule has 4 aliphatic carbocycles. The van der Waals surface area contributed by atoms with Gasteiger partial charge in [-0.25, -0.2) is 4.79 Å². The lowest BCUT2D eigenvalue weighted by Gasteiger charge is -2.52. The van der Waals surface area contributed by atoms with Crippen molar-refractivity contribution in [1.82, 2.24) is 9.78 Å². The third kappa shape index (κ3) is 3.12. The van der Waals surface area contributed by atoms with Crippen molar-refractivity contribution in [2.75, 3.05) is 6.61 Å². The number of hydrogen-bond acceptors (Lipinski definition) is 7. The lowest BCUT2D eigenvalue weighted by molar-refractivity contribution is -0.162. The van der Waals surface area contributed by atoms with E-state index in [0.717, 1.165) is 17.6 Å². The Labute approximate surface area is 223 Å². The number of ketones is 1. The van der Waals surface area contributed by atoms with Gasteiger partial charge in [0.15, 0.2) is 11.9 Å². The van der Waals surface area contributed by atoms with Gasteiger partial charge in [0.1, 0.15) is 16.2 Å². The molecular formula is C29H38N2O5S. The number of thioether (sulfide) groups is 1. The highest BCUT2D eigenvalue weighted by molar-refractivity contribution is 8.01. The molecule has 8 unspecified atom stereocenters. The molecule has 0 aromatic carbocycles. The molecule has 1 spiro atoms. The third-order valence-corrected chi connectivity index (χ3v) is 11.8. The highest BCUT2D eigenvalue weighted by Gasteiger charge is 2.77. The van der Waals surface area contributed by atoms with Crippen LogP contribution in [0, 0.1) is 41.4 Å². The van der Waals surface area contributed by atoms with Gasteiger partial charge in [0, 0.05) is 18.5 Å². The van der Waals surface area contributed by atoms with Crippen molar-refractivity contribution in [1.29, 1.82) is 0 Å². The van der Waals surface area contributed by atoms with E-state index >= 15 is 0 Å². The molecule has 5 aliphatic rings. The van der Waals surface area contributed by atoms with Gasteiger partial charge in [-0.05, 0) is 68.4 Å². The molecule has 2 heterocycles.